The molecule has 1 saturated heterocycles. The lowest BCUT2D eigenvalue weighted by Gasteiger charge is -2.43. The van der Waals surface area contributed by atoms with Gasteiger partial charge in [0.2, 0.25) is 5.91 Å². The highest BCUT2D eigenvalue weighted by atomic mass is 19.4. The van der Waals surface area contributed by atoms with E-state index in [0.717, 1.165) is 75.4 Å². The van der Waals surface area contributed by atoms with Crippen LogP contribution in [0.5, 0.6) is 5.75 Å². The van der Waals surface area contributed by atoms with Crippen LogP contribution in [0.15, 0.2) is 30.3 Å². The fourth-order valence-corrected chi connectivity index (χ4v) is 9.18. The monoisotopic (exact) mass is 708 g/mol. The molecule has 6 rings (SSSR count). The molecule has 0 unspecified atom stereocenters. The molecule has 51 heavy (non-hydrogen) atoms. The quantitative estimate of drug-likeness (QED) is 0.181. The Labute approximate surface area is 300 Å². The van der Waals surface area contributed by atoms with Crippen molar-refractivity contribution in [1.29, 1.82) is 0 Å². The number of piperidine rings is 1. The first kappa shape index (κ1) is 37.2. The van der Waals surface area contributed by atoms with Crippen LogP contribution in [-0.2, 0) is 16.4 Å². The van der Waals surface area contributed by atoms with Crippen molar-refractivity contribution >= 4 is 28.3 Å². The molecule has 3 aromatic rings. The summed E-state index contributed by atoms with van der Waals surface area (Å²) in [6, 6.07) is 6.91. The third kappa shape index (κ3) is 8.08. The van der Waals surface area contributed by atoms with Gasteiger partial charge in [-0.3, -0.25) is 4.79 Å². The van der Waals surface area contributed by atoms with Crippen LogP contribution in [0.1, 0.15) is 119 Å². The summed E-state index contributed by atoms with van der Waals surface area (Å²) in [5.41, 5.74) is 6.77. The summed E-state index contributed by atoms with van der Waals surface area (Å²) >= 11 is 0. The number of fused-ring (bicyclic) bond motifs is 1. The second-order valence-corrected chi connectivity index (χ2v) is 15.6. The molecule has 1 spiro atoms. The van der Waals surface area contributed by atoms with E-state index in [-0.39, 0.29) is 11.6 Å². The molecule has 2 aliphatic carbocycles. The highest BCUT2D eigenvalue weighted by molar-refractivity contribution is 5.95. The molecule has 0 bridgehead atoms. The first-order valence-corrected chi connectivity index (χ1v) is 18.9. The van der Waals surface area contributed by atoms with Gasteiger partial charge in [0.25, 0.3) is 0 Å². The average Bonchev–Trinajstić information content (AvgIpc) is 3.11. The summed E-state index contributed by atoms with van der Waals surface area (Å²) < 4.78 is 46.9. The van der Waals surface area contributed by atoms with Crippen LogP contribution in [0.2, 0.25) is 0 Å². The highest BCUT2D eigenvalue weighted by Crippen LogP contribution is 2.48. The third-order valence-corrected chi connectivity index (χ3v) is 12.2. The number of nitrogens with zero attached hydrogens (tertiary/aromatic N) is 3. The third-order valence-electron chi connectivity index (χ3n) is 12.2. The molecule has 11 heteroatoms. The maximum absolute atomic E-state index is 14.7. The SMILES string of the molecule is COc1cc2nc(C)nc(N[C@H](C)c3cc(N)cc(C(F)(F)F)c3)c2cc1C1(C(=O)N(C)CCCC2CCC3(CCNCC3)CC2)CCCCC1. The van der Waals surface area contributed by atoms with Crippen molar-refractivity contribution in [3.8, 4) is 5.75 Å². The number of carbonyl (C=O) groups excluding carboxylic acids is 1. The minimum absolute atomic E-state index is 0.0374. The lowest BCUT2D eigenvalue weighted by Crippen LogP contribution is -2.47. The minimum Gasteiger partial charge on any atom is -0.496 e. The fraction of sp³-hybridized carbons (Fsp3) is 0.625. The Morgan fingerprint density at radius 1 is 1.04 bits per heavy atom. The number of aromatic nitrogens is 2. The van der Waals surface area contributed by atoms with Gasteiger partial charge in [0.05, 0.1) is 29.6 Å². The number of hydrogen-bond acceptors (Lipinski definition) is 7. The van der Waals surface area contributed by atoms with E-state index in [1.807, 2.05) is 24.1 Å². The van der Waals surface area contributed by atoms with Crippen molar-refractivity contribution in [3.63, 3.8) is 0 Å². The van der Waals surface area contributed by atoms with Crippen LogP contribution in [0.3, 0.4) is 0 Å². The van der Waals surface area contributed by atoms with Gasteiger partial charge in [-0.2, -0.15) is 13.2 Å². The molecule has 0 radical (unpaired) electrons. The number of anilines is 2. The first-order chi connectivity index (χ1) is 24.3. The van der Waals surface area contributed by atoms with E-state index < -0.39 is 23.2 Å². The van der Waals surface area contributed by atoms with Crippen LogP contribution in [0.25, 0.3) is 10.9 Å². The van der Waals surface area contributed by atoms with Crippen LogP contribution in [0.4, 0.5) is 24.7 Å². The number of amides is 1. The van der Waals surface area contributed by atoms with Gasteiger partial charge in [-0.15, -0.1) is 0 Å². The van der Waals surface area contributed by atoms with E-state index in [2.05, 4.69) is 15.6 Å². The number of nitrogen functional groups attached to an aromatic ring is 1. The lowest BCUT2D eigenvalue weighted by molar-refractivity contribution is -0.138. The summed E-state index contributed by atoms with van der Waals surface area (Å²) in [4.78, 5) is 26.0. The molecule has 1 aromatic heterocycles. The molecular weight excluding hydrogens is 653 g/mol. The molecule has 3 fully saturated rings. The van der Waals surface area contributed by atoms with Gasteiger partial charge in [0, 0.05) is 36.3 Å². The predicted octanol–water partition coefficient (Wildman–Crippen LogP) is 8.72. The van der Waals surface area contributed by atoms with Gasteiger partial charge in [-0.1, -0.05) is 19.3 Å². The van der Waals surface area contributed by atoms with Crippen LogP contribution < -0.4 is 21.1 Å². The molecule has 278 valence electrons. The summed E-state index contributed by atoms with van der Waals surface area (Å²) in [7, 11) is 3.57. The number of nitrogens with two attached hydrogens (primary N) is 1. The summed E-state index contributed by atoms with van der Waals surface area (Å²) in [5.74, 6) is 2.45. The van der Waals surface area contributed by atoms with Gasteiger partial charge in [-0.25, -0.2) is 9.97 Å². The van der Waals surface area contributed by atoms with Crippen molar-refractivity contribution in [2.45, 2.75) is 115 Å². The molecule has 1 atom stereocenters. The van der Waals surface area contributed by atoms with Crippen molar-refractivity contribution in [2.75, 3.05) is 44.8 Å². The van der Waals surface area contributed by atoms with Crippen molar-refractivity contribution in [2.24, 2.45) is 11.3 Å². The Morgan fingerprint density at radius 3 is 2.41 bits per heavy atom. The Balaban J connectivity index is 1.24. The number of likely N-dealkylation sites (N-methyl/N-ethyl adjacent to an activating group) is 1. The molecule has 2 heterocycles. The van der Waals surface area contributed by atoms with E-state index in [1.165, 1.54) is 38.5 Å². The molecule has 8 nitrogen and oxygen atoms in total. The average molecular weight is 709 g/mol. The summed E-state index contributed by atoms with van der Waals surface area (Å²) in [6.45, 7) is 6.58. The van der Waals surface area contributed by atoms with Crippen LogP contribution in [0, 0.1) is 18.3 Å². The first-order valence-electron chi connectivity index (χ1n) is 18.9. The van der Waals surface area contributed by atoms with Crippen molar-refractivity contribution < 1.29 is 22.7 Å². The van der Waals surface area contributed by atoms with Gasteiger partial charge >= 0.3 is 6.18 Å². The summed E-state index contributed by atoms with van der Waals surface area (Å²) in [6.07, 6.45) is 9.89. The molecule has 1 amide bonds. The van der Waals surface area contributed by atoms with E-state index in [0.29, 0.717) is 52.1 Å². The van der Waals surface area contributed by atoms with Gasteiger partial charge < -0.3 is 26.0 Å². The lowest BCUT2D eigenvalue weighted by atomic mass is 9.65. The molecule has 3 aliphatic rings. The molecule has 2 aromatic carbocycles. The van der Waals surface area contributed by atoms with Gasteiger partial charge in [0.1, 0.15) is 17.4 Å². The van der Waals surface area contributed by atoms with E-state index >= 15 is 0 Å². The van der Waals surface area contributed by atoms with E-state index in [4.69, 9.17) is 15.5 Å². The number of ether oxygens (including phenoxy) is 1. The number of nitrogens with one attached hydrogen (secondary N) is 2. The standard InChI is InChI=1S/C40H55F3N6O2/c1-26(29-21-30(40(41,42)43)23-31(44)22-29)46-36-32-24-33(35(51-4)25-34(32)47-27(2)48-36)39(12-6-5-7-13-39)37(50)49(3)20-8-9-28-10-14-38(15-11-28)16-18-45-19-17-38/h21-26,28,45H,5-20,44H2,1-4H3,(H,46,47,48)/t26-/m1/s1. The van der Waals surface area contributed by atoms with Crippen LogP contribution in [-0.4, -0.2) is 54.6 Å². The molecular formula is C40H55F3N6O2. The second kappa shape index (κ2) is 15.2. The van der Waals surface area contributed by atoms with Crippen LogP contribution >= 0.6 is 0 Å². The van der Waals surface area contributed by atoms with Crippen molar-refractivity contribution in [3.05, 3.63) is 52.8 Å². The second-order valence-electron chi connectivity index (χ2n) is 15.6. The zero-order valence-corrected chi connectivity index (χ0v) is 30.7. The topological polar surface area (TPSA) is 105 Å². The zero-order chi connectivity index (χ0) is 36.4. The predicted molar refractivity (Wildman–Crippen MR) is 197 cm³/mol. The number of methoxy groups -OCH3 is 1. The molecule has 1 aliphatic heterocycles. The van der Waals surface area contributed by atoms with Gasteiger partial charge in [-0.05, 0) is 132 Å². The number of rotatable bonds is 10. The Kier molecular flexibility index (Phi) is 11.1. The Bertz CT molecular complexity index is 1690. The zero-order valence-electron chi connectivity index (χ0n) is 30.7. The van der Waals surface area contributed by atoms with Crippen molar-refractivity contribution in [1.82, 2.24) is 20.2 Å². The number of alkyl halides is 3. The maximum atomic E-state index is 14.7. The van der Waals surface area contributed by atoms with E-state index in [1.54, 1.807) is 27.0 Å². The number of aryl methyl sites for hydroxylation is 1. The number of hydrogen-bond donors (Lipinski definition) is 3. The fourth-order valence-electron chi connectivity index (χ4n) is 9.18. The number of halogens is 3. The Hall–Kier alpha value is -3.60. The number of carbonyl (C=O) groups is 1. The minimum atomic E-state index is -4.52. The maximum Gasteiger partial charge on any atom is 0.416 e. The molecule has 2 saturated carbocycles. The Morgan fingerprint density at radius 2 is 1.75 bits per heavy atom. The normalized spacial score (nSPS) is 19.9. The summed E-state index contributed by atoms with van der Waals surface area (Å²) in [5, 5.41) is 7.55. The molecule has 4 N–H and O–H groups in total. The smallest absolute Gasteiger partial charge is 0.416 e. The highest BCUT2D eigenvalue weighted by Gasteiger charge is 2.45. The largest absolute Gasteiger partial charge is 0.496 e. The number of benzene rings is 2. The van der Waals surface area contributed by atoms with E-state index in [9.17, 15) is 18.0 Å². The van der Waals surface area contributed by atoms with Gasteiger partial charge in [0.15, 0.2) is 0 Å².